The number of benzene rings is 2. The van der Waals surface area contributed by atoms with Crippen molar-refractivity contribution in [2.24, 2.45) is 0 Å². The summed E-state index contributed by atoms with van der Waals surface area (Å²) in [5, 5.41) is 2.46. The molecule has 0 saturated carbocycles. The molecule has 4 heteroatoms. The largest absolute Gasteiger partial charge is 0.325 e. The second-order valence-corrected chi connectivity index (χ2v) is 5.49. The summed E-state index contributed by atoms with van der Waals surface area (Å²) in [6.07, 6.45) is 0. The number of carbonyl (C=O) groups is 1. The highest BCUT2D eigenvalue weighted by molar-refractivity contribution is 8.00. The van der Waals surface area contributed by atoms with Crippen molar-refractivity contribution in [2.45, 2.75) is 17.1 Å². The van der Waals surface area contributed by atoms with E-state index in [4.69, 9.17) is 0 Å². The summed E-state index contributed by atoms with van der Waals surface area (Å²) < 4.78 is 13.0. The second-order valence-electron chi connectivity index (χ2n) is 4.07. The van der Waals surface area contributed by atoms with Gasteiger partial charge in [0.15, 0.2) is 0 Å². The molecular formula is C15H14FNOS. The molecule has 0 fully saturated rings. The summed E-state index contributed by atoms with van der Waals surface area (Å²) in [5.74, 6) is -0.499. The number of anilines is 1. The summed E-state index contributed by atoms with van der Waals surface area (Å²) in [6, 6.07) is 15.6. The Morgan fingerprint density at radius 1 is 1.16 bits per heavy atom. The average molecular weight is 275 g/mol. The van der Waals surface area contributed by atoms with Crippen LogP contribution < -0.4 is 5.32 Å². The van der Waals surface area contributed by atoms with Crippen LogP contribution >= 0.6 is 11.8 Å². The maximum atomic E-state index is 13.0. The monoisotopic (exact) mass is 275 g/mol. The van der Waals surface area contributed by atoms with Crippen LogP contribution in [0, 0.1) is 5.82 Å². The lowest BCUT2D eigenvalue weighted by Crippen LogP contribution is -2.22. The third-order valence-electron chi connectivity index (χ3n) is 2.52. The summed E-state index contributed by atoms with van der Waals surface area (Å²) in [5.41, 5.74) is 0.477. The van der Waals surface area contributed by atoms with Gasteiger partial charge in [-0.3, -0.25) is 4.79 Å². The Labute approximate surface area is 116 Å². The van der Waals surface area contributed by atoms with Gasteiger partial charge in [-0.25, -0.2) is 4.39 Å². The third kappa shape index (κ3) is 4.10. The van der Waals surface area contributed by atoms with Gasteiger partial charge in [-0.05, 0) is 37.3 Å². The van der Waals surface area contributed by atoms with Crippen molar-refractivity contribution in [1.82, 2.24) is 0 Å². The van der Waals surface area contributed by atoms with Gasteiger partial charge in [0, 0.05) is 10.6 Å². The molecule has 0 unspecified atom stereocenters. The molecule has 2 aromatic carbocycles. The van der Waals surface area contributed by atoms with Crippen LogP contribution in [0.4, 0.5) is 10.1 Å². The van der Waals surface area contributed by atoms with E-state index in [0.29, 0.717) is 5.69 Å². The molecule has 98 valence electrons. The van der Waals surface area contributed by atoms with Crippen LogP contribution in [0.2, 0.25) is 0 Å². The molecule has 0 aromatic heterocycles. The molecule has 1 amide bonds. The highest BCUT2D eigenvalue weighted by Gasteiger charge is 2.14. The summed E-state index contributed by atoms with van der Waals surface area (Å²) >= 11 is 1.47. The minimum atomic E-state index is -0.360. The standard InChI is InChI=1S/C15H14FNOS/c1-11(19-14-8-3-2-4-9-14)15(18)17-13-7-5-6-12(16)10-13/h2-11H,1H3,(H,17,18)/t11-/m1/s1. The Hall–Kier alpha value is -1.81. The third-order valence-corrected chi connectivity index (χ3v) is 3.63. The predicted molar refractivity (Wildman–Crippen MR) is 76.8 cm³/mol. The van der Waals surface area contributed by atoms with E-state index in [1.54, 1.807) is 12.1 Å². The summed E-state index contributed by atoms with van der Waals surface area (Å²) in [6.45, 7) is 1.83. The van der Waals surface area contributed by atoms with Crippen molar-refractivity contribution in [3.05, 3.63) is 60.4 Å². The molecule has 0 radical (unpaired) electrons. The summed E-state index contributed by atoms with van der Waals surface area (Å²) in [7, 11) is 0. The second kappa shape index (κ2) is 6.38. The van der Waals surface area contributed by atoms with Crippen molar-refractivity contribution < 1.29 is 9.18 Å². The van der Waals surface area contributed by atoms with Gasteiger partial charge in [0.2, 0.25) is 5.91 Å². The smallest absolute Gasteiger partial charge is 0.237 e. The highest BCUT2D eigenvalue weighted by atomic mass is 32.2. The fourth-order valence-electron chi connectivity index (χ4n) is 1.57. The van der Waals surface area contributed by atoms with E-state index in [1.165, 1.54) is 23.9 Å². The van der Waals surface area contributed by atoms with Crippen LogP contribution in [-0.4, -0.2) is 11.2 Å². The van der Waals surface area contributed by atoms with Crippen molar-refractivity contribution in [2.75, 3.05) is 5.32 Å². The Morgan fingerprint density at radius 3 is 2.58 bits per heavy atom. The van der Waals surface area contributed by atoms with Gasteiger partial charge in [0.25, 0.3) is 0 Å². The zero-order valence-electron chi connectivity index (χ0n) is 10.5. The number of halogens is 1. The Kier molecular flexibility index (Phi) is 4.58. The zero-order valence-corrected chi connectivity index (χ0v) is 11.3. The minimum absolute atomic E-state index is 0.139. The lowest BCUT2D eigenvalue weighted by Gasteiger charge is -2.12. The van der Waals surface area contributed by atoms with Crippen molar-refractivity contribution in [3.8, 4) is 0 Å². The maximum absolute atomic E-state index is 13.0. The molecule has 0 bridgehead atoms. The van der Waals surface area contributed by atoms with E-state index < -0.39 is 0 Å². The van der Waals surface area contributed by atoms with Gasteiger partial charge in [0.1, 0.15) is 5.82 Å². The zero-order chi connectivity index (χ0) is 13.7. The first-order valence-corrected chi connectivity index (χ1v) is 6.81. The van der Waals surface area contributed by atoms with Crippen LogP contribution in [0.3, 0.4) is 0 Å². The minimum Gasteiger partial charge on any atom is -0.325 e. The van der Waals surface area contributed by atoms with Gasteiger partial charge in [-0.2, -0.15) is 0 Å². The molecule has 0 aliphatic heterocycles. The molecule has 0 saturated heterocycles. The normalized spacial score (nSPS) is 11.9. The molecule has 0 spiro atoms. The quantitative estimate of drug-likeness (QED) is 0.856. The molecule has 0 aliphatic rings. The maximum Gasteiger partial charge on any atom is 0.237 e. The molecule has 0 aliphatic carbocycles. The van der Waals surface area contributed by atoms with E-state index in [0.717, 1.165) is 4.90 Å². The lowest BCUT2D eigenvalue weighted by molar-refractivity contribution is -0.115. The number of hydrogen-bond donors (Lipinski definition) is 1. The van der Waals surface area contributed by atoms with Gasteiger partial charge >= 0.3 is 0 Å². The van der Waals surface area contributed by atoms with Crippen LogP contribution in [0.25, 0.3) is 0 Å². The highest BCUT2D eigenvalue weighted by Crippen LogP contribution is 2.23. The molecular weight excluding hydrogens is 261 g/mol. The van der Waals surface area contributed by atoms with Crippen LogP contribution in [-0.2, 0) is 4.79 Å². The van der Waals surface area contributed by atoms with Crippen LogP contribution in [0.1, 0.15) is 6.92 Å². The number of hydrogen-bond acceptors (Lipinski definition) is 2. The molecule has 2 rings (SSSR count). The molecule has 19 heavy (non-hydrogen) atoms. The Morgan fingerprint density at radius 2 is 1.89 bits per heavy atom. The van der Waals surface area contributed by atoms with E-state index >= 15 is 0 Å². The van der Waals surface area contributed by atoms with Gasteiger partial charge in [-0.15, -0.1) is 11.8 Å². The first-order valence-electron chi connectivity index (χ1n) is 5.93. The fourth-order valence-corrected chi connectivity index (χ4v) is 2.46. The first-order chi connectivity index (χ1) is 9.15. The first kappa shape index (κ1) is 13.6. The van der Waals surface area contributed by atoms with Crippen molar-refractivity contribution >= 4 is 23.4 Å². The molecule has 1 N–H and O–H groups in total. The van der Waals surface area contributed by atoms with E-state index in [-0.39, 0.29) is 17.0 Å². The molecule has 2 aromatic rings. The van der Waals surface area contributed by atoms with E-state index in [2.05, 4.69) is 5.32 Å². The van der Waals surface area contributed by atoms with Gasteiger partial charge in [0.05, 0.1) is 5.25 Å². The topological polar surface area (TPSA) is 29.1 Å². The summed E-state index contributed by atoms with van der Waals surface area (Å²) in [4.78, 5) is 13.0. The SMILES string of the molecule is C[C@@H](Sc1ccccc1)C(=O)Nc1cccc(F)c1. The number of nitrogens with one attached hydrogen (secondary N) is 1. The van der Waals surface area contributed by atoms with Crippen LogP contribution in [0.5, 0.6) is 0 Å². The number of amides is 1. The molecule has 1 atom stereocenters. The number of carbonyl (C=O) groups excluding carboxylic acids is 1. The lowest BCUT2D eigenvalue weighted by atomic mass is 10.3. The van der Waals surface area contributed by atoms with E-state index in [1.807, 2.05) is 37.3 Å². The van der Waals surface area contributed by atoms with Crippen molar-refractivity contribution in [3.63, 3.8) is 0 Å². The Balaban J connectivity index is 1.96. The van der Waals surface area contributed by atoms with Gasteiger partial charge in [-0.1, -0.05) is 24.3 Å². The van der Waals surface area contributed by atoms with Crippen LogP contribution in [0.15, 0.2) is 59.5 Å². The number of rotatable bonds is 4. The van der Waals surface area contributed by atoms with Gasteiger partial charge < -0.3 is 5.32 Å². The fraction of sp³-hybridized carbons (Fsp3) is 0.133. The average Bonchev–Trinajstić information content (AvgIpc) is 2.40. The molecule has 2 nitrogen and oxygen atoms in total. The van der Waals surface area contributed by atoms with Crippen molar-refractivity contribution in [1.29, 1.82) is 0 Å². The van der Waals surface area contributed by atoms with E-state index in [9.17, 15) is 9.18 Å². The Bertz CT molecular complexity index is 559. The predicted octanol–water partition coefficient (Wildman–Crippen LogP) is 3.95. The number of thioether (sulfide) groups is 1. The molecule has 0 heterocycles.